The van der Waals surface area contributed by atoms with Crippen LogP contribution in [0.1, 0.15) is 25.6 Å². The number of aromatic nitrogens is 4. The third-order valence-corrected chi connectivity index (χ3v) is 5.35. The Balaban J connectivity index is 1.60. The Labute approximate surface area is 166 Å². The van der Waals surface area contributed by atoms with E-state index in [0.717, 1.165) is 18.4 Å². The van der Waals surface area contributed by atoms with E-state index in [-0.39, 0.29) is 5.56 Å². The molecule has 0 unspecified atom stereocenters. The van der Waals surface area contributed by atoms with Crippen molar-refractivity contribution in [2.24, 2.45) is 0 Å². The molecule has 2 aromatic carbocycles. The third kappa shape index (κ3) is 3.84. The van der Waals surface area contributed by atoms with Gasteiger partial charge < -0.3 is 4.52 Å². The van der Waals surface area contributed by atoms with Crippen molar-refractivity contribution in [3.8, 4) is 11.5 Å². The first kappa shape index (κ1) is 18.4. The van der Waals surface area contributed by atoms with Crippen LogP contribution in [-0.2, 0) is 12.3 Å². The zero-order valence-corrected chi connectivity index (χ0v) is 16.4. The van der Waals surface area contributed by atoms with Gasteiger partial charge in [-0.25, -0.2) is 4.98 Å². The molecule has 0 fully saturated rings. The maximum atomic E-state index is 12.9. The number of hydrogen-bond acceptors (Lipinski definition) is 6. The van der Waals surface area contributed by atoms with Gasteiger partial charge in [0.15, 0.2) is 11.0 Å². The lowest BCUT2D eigenvalue weighted by atomic mass is 10.2. The predicted octanol–water partition coefficient (Wildman–Crippen LogP) is 4.54. The van der Waals surface area contributed by atoms with Crippen molar-refractivity contribution in [2.75, 3.05) is 0 Å². The molecule has 0 aliphatic rings. The van der Waals surface area contributed by atoms with Gasteiger partial charge >= 0.3 is 0 Å². The zero-order chi connectivity index (χ0) is 19.3. The van der Waals surface area contributed by atoms with E-state index in [9.17, 15) is 4.79 Å². The normalized spacial score (nSPS) is 11.2. The number of benzene rings is 2. The average Bonchev–Trinajstić information content (AvgIpc) is 3.21. The molecular formula is C21H20N4O2S. The van der Waals surface area contributed by atoms with Gasteiger partial charge in [-0.1, -0.05) is 60.6 Å². The molecule has 0 N–H and O–H groups in total. The average molecular weight is 392 g/mol. The van der Waals surface area contributed by atoms with E-state index < -0.39 is 0 Å². The van der Waals surface area contributed by atoms with Crippen LogP contribution in [0.4, 0.5) is 0 Å². The summed E-state index contributed by atoms with van der Waals surface area (Å²) in [6.07, 6.45) is 1.93. The molecule has 0 amide bonds. The van der Waals surface area contributed by atoms with Crippen LogP contribution in [0.15, 0.2) is 69.1 Å². The van der Waals surface area contributed by atoms with Crippen molar-refractivity contribution in [1.82, 2.24) is 19.7 Å². The second-order valence-electron chi connectivity index (χ2n) is 6.39. The molecule has 142 valence electrons. The summed E-state index contributed by atoms with van der Waals surface area (Å²) in [5.74, 6) is 1.55. The van der Waals surface area contributed by atoms with Crippen LogP contribution in [0, 0.1) is 0 Å². The van der Waals surface area contributed by atoms with Crippen LogP contribution < -0.4 is 5.56 Å². The lowest BCUT2D eigenvalue weighted by molar-refractivity contribution is 0.425. The van der Waals surface area contributed by atoms with Gasteiger partial charge in [-0.3, -0.25) is 9.36 Å². The summed E-state index contributed by atoms with van der Waals surface area (Å²) >= 11 is 1.45. The fourth-order valence-electron chi connectivity index (χ4n) is 2.91. The molecule has 2 aromatic heterocycles. The van der Waals surface area contributed by atoms with Crippen LogP contribution in [0.5, 0.6) is 0 Å². The van der Waals surface area contributed by atoms with E-state index in [1.54, 1.807) is 4.57 Å². The van der Waals surface area contributed by atoms with Gasteiger partial charge in [-0.2, -0.15) is 4.98 Å². The van der Waals surface area contributed by atoms with E-state index in [1.165, 1.54) is 11.8 Å². The molecule has 4 aromatic rings. The maximum Gasteiger partial charge on any atom is 0.262 e. The first-order valence-electron chi connectivity index (χ1n) is 9.26. The smallest absolute Gasteiger partial charge is 0.262 e. The van der Waals surface area contributed by atoms with Crippen molar-refractivity contribution in [3.63, 3.8) is 0 Å². The van der Waals surface area contributed by atoms with E-state index in [1.807, 2.05) is 54.6 Å². The lowest BCUT2D eigenvalue weighted by Gasteiger charge is -2.12. The number of thioether (sulfide) groups is 1. The molecule has 0 radical (unpaired) electrons. The number of fused-ring (bicyclic) bond motifs is 1. The summed E-state index contributed by atoms with van der Waals surface area (Å²) < 4.78 is 7.12. The third-order valence-electron chi connectivity index (χ3n) is 4.38. The summed E-state index contributed by atoms with van der Waals surface area (Å²) in [5.41, 5.74) is 1.59. The fourth-order valence-corrected chi connectivity index (χ4v) is 3.78. The SMILES string of the molecule is CCCCn1c(SCc2noc(-c3ccccc3)n2)nc2ccccc2c1=O. The Bertz CT molecular complexity index is 1140. The predicted molar refractivity (Wildman–Crippen MR) is 110 cm³/mol. The highest BCUT2D eigenvalue weighted by Crippen LogP contribution is 2.23. The van der Waals surface area contributed by atoms with Gasteiger partial charge in [0, 0.05) is 12.1 Å². The first-order chi connectivity index (χ1) is 13.8. The minimum Gasteiger partial charge on any atom is -0.334 e. The van der Waals surface area contributed by atoms with Crippen LogP contribution in [0.2, 0.25) is 0 Å². The monoisotopic (exact) mass is 392 g/mol. The van der Waals surface area contributed by atoms with E-state index in [0.29, 0.717) is 40.1 Å². The molecular weight excluding hydrogens is 372 g/mol. The molecule has 0 saturated heterocycles. The van der Waals surface area contributed by atoms with E-state index in [2.05, 4.69) is 17.1 Å². The van der Waals surface area contributed by atoms with Gasteiger partial charge in [0.25, 0.3) is 11.4 Å². The Morgan fingerprint density at radius 2 is 1.82 bits per heavy atom. The minimum atomic E-state index is -0.000337. The summed E-state index contributed by atoms with van der Waals surface area (Å²) in [6, 6.07) is 17.1. The van der Waals surface area contributed by atoms with Gasteiger partial charge in [-0.05, 0) is 30.7 Å². The lowest BCUT2D eigenvalue weighted by Crippen LogP contribution is -2.23. The number of unbranched alkanes of at least 4 members (excludes halogenated alkanes) is 1. The van der Waals surface area contributed by atoms with Gasteiger partial charge in [-0.15, -0.1) is 0 Å². The molecule has 0 aliphatic carbocycles. The van der Waals surface area contributed by atoms with Crippen LogP contribution in [0.25, 0.3) is 22.4 Å². The van der Waals surface area contributed by atoms with Gasteiger partial charge in [0.1, 0.15) is 0 Å². The van der Waals surface area contributed by atoms with Crippen molar-refractivity contribution in [2.45, 2.75) is 37.2 Å². The van der Waals surface area contributed by atoms with Crippen LogP contribution in [0.3, 0.4) is 0 Å². The van der Waals surface area contributed by atoms with Crippen molar-refractivity contribution in [3.05, 3.63) is 70.8 Å². The molecule has 7 heteroatoms. The molecule has 0 saturated carbocycles. The molecule has 0 aliphatic heterocycles. The number of rotatable bonds is 7. The first-order valence-corrected chi connectivity index (χ1v) is 10.2. The second kappa shape index (κ2) is 8.39. The summed E-state index contributed by atoms with van der Waals surface area (Å²) in [5, 5.41) is 5.39. The van der Waals surface area contributed by atoms with Crippen LogP contribution in [-0.4, -0.2) is 19.7 Å². The standard InChI is InChI=1S/C21H20N4O2S/c1-2-3-13-25-20(26)16-11-7-8-12-17(16)22-21(25)28-14-18-23-19(27-24-18)15-9-5-4-6-10-15/h4-12H,2-3,13-14H2,1H3. The number of para-hydroxylation sites is 1. The Kier molecular flexibility index (Phi) is 5.53. The van der Waals surface area contributed by atoms with Gasteiger partial charge in [0.2, 0.25) is 0 Å². The molecule has 0 spiro atoms. The second-order valence-corrected chi connectivity index (χ2v) is 7.33. The van der Waals surface area contributed by atoms with E-state index >= 15 is 0 Å². The maximum absolute atomic E-state index is 12.9. The van der Waals surface area contributed by atoms with Gasteiger partial charge in [0.05, 0.1) is 16.7 Å². The molecule has 28 heavy (non-hydrogen) atoms. The largest absolute Gasteiger partial charge is 0.334 e. The van der Waals surface area contributed by atoms with Crippen molar-refractivity contribution < 1.29 is 4.52 Å². The van der Waals surface area contributed by atoms with Crippen LogP contribution >= 0.6 is 11.8 Å². The Hall–Kier alpha value is -2.93. The zero-order valence-electron chi connectivity index (χ0n) is 15.5. The van der Waals surface area contributed by atoms with E-state index in [4.69, 9.17) is 9.51 Å². The molecule has 2 heterocycles. The quantitative estimate of drug-likeness (QED) is 0.340. The van der Waals surface area contributed by atoms with Crippen molar-refractivity contribution in [1.29, 1.82) is 0 Å². The summed E-state index contributed by atoms with van der Waals surface area (Å²) in [4.78, 5) is 22.1. The molecule has 0 bridgehead atoms. The molecule has 0 atom stereocenters. The summed E-state index contributed by atoms with van der Waals surface area (Å²) in [7, 11) is 0. The molecule has 4 rings (SSSR count). The topological polar surface area (TPSA) is 73.8 Å². The Morgan fingerprint density at radius 3 is 2.64 bits per heavy atom. The number of nitrogens with zero attached hydrogens (tertiary/aromatic N) is 4. The highest BCUT2D eigenvalue weighted by atomic mass is 32.2. The minimum absolute atomic E-state index is 0.000337. The number of hydrogen-bond donors (Lipinski definition) is 0. The highest BCUT2D eigenvalue weighted by molar-refractivity contribution is 7.98. The summed E-state index contributed by atoms with van der Waals surface area (Å²) in [6.45, 7) is 2.76. The van der Waals surface area contributed by atoms with Crippen molar-refractivity contribution >= 4 is 22.7 Å². The molecule has 6 nitrogen and oxygen atoms in total. The fraction of sp³-hybridized carbons (Fsp3) is 0.238. The Morgan fingerprint density at radius 1 is 1.04 bits per heavy atom. The highest BCUT2D eigenvalue weighted by Gasteiger charge is 2.14.